The van der Waals surface area contributed by atoms with Gasteiger partial charge in [0, 0.05) is 11.8 Å². The number of rotatable bonds is 3. The van der Waals surface area contributed by atoms with Crippen LogP contribution < -0.4 is 0 Å². The molecule has 37 heavy (non-hydrogen) atoms. The summed E-state index contributed by atoms with van der Waals surface area (Å²) in [5.41, 5.74) is 9.48. The minimum absolute atomic E-state index is 0.447. The second-order valence-corrected chi connectivity index (χ2v) is 9.49. The van der Waals surface area contributed by atoms with Gasteiger partial charge in [0.2, 0.25) is 0 Å². The normalized spacial score (nSPS) is 13.1. The molecule has 0 saturated carbocycles. The van der Waals surface area contributed by atoms with E-state index in [1.807, 2.05) is 6.07 Å². The quantitative estimate of drug-likeness (QED) is 0.261. The topological polar surface area (TPSA) is 36.7 Å². The van der Waals surface area contributed by atoms with Gasteiger partial charge in [-0.25, -0.2) is 0 Å². The van der Waals surface area contributed by atoms with E-state index in [1.165, 1.54) is 44.2 Å². The van der Waals surface area contributed by atoms with Crippen LogP contribution in [0, 0.1) is 11.3 Å². The molecular weight excluding hydrogens is 448 g/mol. The number of fused-ring (bicyclic) bond motifs is 5. The lowest BCUT2D eigenvalue weighted by molar-refractivity contribution is 0.769. The Morgan fingerprint density at radius 3 is 2.03 bits per heavy atom. The molecule has 7 rings (SSSR count). The molecule has 1 aliphatic rings. The number of hydrogen-bond acceptors (Lipinski definition) is 2. The van der Waals surface area contributed by atoms with Gasteiger partial charge in [0.05, 0.1) is 22.7 Å². The Hall–Kier alpha value is -5.00. The van der Waals surface area contributed by atoms with Crippen LogP contribution in [0.5, 0.6) is 0 Å². The molecule has 0 unspecified atom stereocenters. The lowest BCUT2D eigenvalue weighted by Crippen LogP contribution is -2.28. The smallest absolute Gasteiger partial charge is 0.0992 e. The van der Waals surface area contributed by atoms with Crippen molar-refractivity contribution in [3.05, 3.63) is 161 Å². The minimum atomic E-state index is -0.447. The van der Waals surface area contributed by atoms with Crippen LogP contribution in [0.25, 0.3) is 33.2 Å². The summed E-state index contributed by atoms with van der Waals surface area (Å²) in [7, 11) is 0. The summed E-state index contributed by atoms with van der Waals surface area (Å²) in [4.78, 5) is 4.60. The zero-order valence-corrected chi connectivity index (χ0v) is 20.1. The van der Waals surface area contributed by atoms with Gasteiger partial charge in [-0.15, -0.1) is 0 Å². The number of benzene rings is 5. The SMILES string of the molecule is N#Cc1ccnc(-c2ccc3c(c2)-c2c(ccc4ccccc24)C3(c2ccccc2)c2ccccc2)c1. The molecule has 0 spiro atoms. The Morgan fingerprint density at radius 1 is 0.622 bits per heavy atom. The van der Waals surface area contributed by atoms with Crippen molar-refractivity contribution in [3.63, 3.8) is 0 Å². The maximum atomic E-state index is 9.46. The first-order chi connectivity index (χ1) is 18.3. The molecular formula is C35H22N2. The van der Waals surface area contributed by atoms with Crippen molar-refractivity contribution in [2.75, 3.05) is 0 Å². The highest BCUT2D eigenvalue weighted by Gasteiger charge is 2.46. The Labute approximate surface area is 216 Å². The van der Waals surface area contributed by atoms with E-state index in [-0.39, 0.29) is 0 Å². The van der Waals surface area contributed by atoms with Crippen LogP contribution in [0.3, 0.4) is 0 Å². The maximum absolute atomic E-state index is 9.46. The Bertz CT molecular complexity index is 1790. The van der Waals surface area contributed by atoms with Crippen molar-refractivity contribution in [3.8, 4) is 28.5 Å². The van der Waals surface area contributed by atoms with E-state index in [4.69, 9.17) is 0 Å². The fourth-order valence-corrected chi connectivity index (χ4v) is 6.08. The average molecular weight is 471 g/mol. The molecule has 0 saturated heterocycles. The van der Waals surface area contributed by atoms with Gasteiger partial charge in [-0.05, 0) is 62.4 Å². The number of pyridine rings is 1. The van der Waals surface area contributed by atoms with Crippen LogP contribution in [-0.2, 0) is 5.41 Å². The summed E-state index contributed by atoms with van der Waals surface area (Å²) in [6, 6.07) is 47.4. The van der Waals surface area contributed by atoms with Gasteiger partial charge >= 0.3 is 0 Å². The van der Waals surface area contributed by atoms with Gasteiger partial charge in [-0.1, -0.05) is 109 Å². The molecule has 2 heteroatoms. The van der Waals surface area contributed by atoms with Gasteiger partial charge in [0.25, 0.3) is 0 Å². The third-order valence-corrected chi connectivity index (χ3v) is 7.62. The Kier molecular flexibility index (Phi) is 4.77. The fourth-order valence-electron chi connectivity index (χ4n) is 6.08. The molecule has 6 aromatic rings. The van der Waals surface area contributed by atoms with E-state index in [2.05, 4.69) is 126 Å². The molecule has 0 atom stereocenters. The Morgan fingerprint density at radius 2 is 1.30 bits per heavy atom. The molecule has 1 aliphatic carbocycles. The molecule has 172 valence electrons. The van der Waals surface area contributed by atoms with Crippen molar-refractivity contribution < 1.29 is 0 Å². The predicted molar refractivity (Wildman–Crippen MR) is 149 cm³/mol. The maximum Gasteiger partial charge on any atom is 0.0992 e. The van der Waals surface area contributed by atoms with Crippen LogP contribution >= 0.6 is 0 Å². The average Bonchev–Trinajstić information content (AvgIpc) is 3.29. The second kappa shape index (κ2) is 8.29. The first-order valence-electron chi connectivity index (χ1n) is 12.5. The second-order valence-electron chi connectivity index (χ2n) is 9.49. The molecule has 0 aliphatic heterocycles. The summed E-state index contributed by atoms with van der Waals surface area (Å²) in [6.45, 7) is 0. The monoisotopic (exact) mass is 470 g/mol. The molecule has 0 amide bonds. The molecule has 2 nitrogen and oxygen atoms in total. The summed E-state index contributed by atoms with van der Waals surface area (Å²) in [5.74, 6) is 0. The highest BCUT2D eigenvalue weighted by Crippen LogP contribution is 2.58. The standard InChI is InChI=1S/C35H22N2/c36-23-24-19-20-37-33(21-24)26-16-17-31-30(22-26)34-29-14-8-7-9-25(29)15-18-32(34)35(31,27-10-3-1-4-11-27)28-12-5-2-6-13-28/h1-22H. The van der Waals surface area contributed by atoms with Gasteiger partial charge in [-0.2, -0.15) is 5.26 Å². The van der Waals surface area contributed by atoms with Crippen LogP contribution in [-0.4, -0.2) is 4.98 Å². The van der Waals surface area contributed by atoms with E-state index in [9.17, 15) is 5.26 Å². The van der Waals surface area contributed by atoms with Crippen LogP contribution in [0.2, 0.25) is 0 Å². The number of nitriles is 1. The predicted octanol–water partition coefficient (Wildman–Crippen LogP) is 8.14. The van der Waals surface area contributed by atoms with Crippen molar-refractivity contribution in [2.24, 2.45) is 0 Å². The van der Waals surface area contributed by atoms with Crippen LogP contribution in [0.4, 0.5) is 0 Å². The zero-order valence-electron chi connectivity index (χ0n) is 20.1. The lowest BCUT2D eigenvalue weighted by Gasteiger charge is -2.34. The first kappa shape index (κ1) is 21.3. The van der Waals surface area contributed by atoms with Gasteiger partial charge in [0.1, 0.15) is 0 Å². The van der Waals surface area contributed by atoms with Crippen LogP contribution in [0.15, 0.2) is 134 Å². The van der Waals surface area contributed by atoms with Crippen LogP contribution in [0.1, 0.15) is 27.8 Å². The van der Waals surface area contributed by atoms with E-state index in [0.717, 1.165) is 11.3 Å². The molecule has 0 radical (unpaired) electrons. The molecule has 0 N–H and O–H groups in total. The summed E-state index contributed by atoms with van der Waals surface area (Å²) >= 11 is 0. The number of hydrogen-bond donors (Lipinski definition) is 0. The van der Waals surface area contributed by atoms with E-state index in [0.29, 0.717) is 5.56 Å². The van der Waals surface area contributed by atoms with Gasteiger partial charge < -0.3 is 0 Å². The first-order valence-corrected chi connectivity index (χ1v) is 12.5. The fraction of sp³-hybridized carbons (Fsp3) is 0.0286. The number of nitrogens with zero attached hydrogens (tertiary/aromatic N) is 2. The Balaban J connectivity index is 1.63. The third kappa shape index (κ3) is 3.08. The van der Waals surface area contributed by atoms with Crippen molar-refractivity contribution in [1.82, 2.24) is 4.98 Å². The van der Waals surface area contributed by atoms with Crippen molar-refractivity contribution >= 4 is 10.8 Å². The summed E-state index contributed by atoms with van der Waals surface area (Å²) in [6.07, 6.45) is 1.71. The van der Waals surface area contributed by atoms with E-state index >= 15 is 0 Å². The summed E-state index contributed by atoms with van der Waals surface area (Å²) in [5, 5.41) is 11.9. The third-order valence-electron chi connectivity index (χ3n) is 7.62. The van der Waals surface area contributed by atoms with E-state index < -0.39 is 5.41 Å². The summed E-state index contributed by atoms with van der Waals surface area (Å²) < 4.78 is 0. The molecule has 1 heterocycles. The molecule has 0 fully saturated rings. The highest BCUT2D eigenvalue weighted by atomic mass is 14.7. The highest BCUT2D eigenvalue weighted by molar-refractivity contribution is 6.04. The number of aromatic nitrogens is 1. The lowest BCUT2D eigenvalue weighted by atomic mass is 9.67. The zero-order chi connectivity index (χ0) is 24.8. The van der Waals surface area contributed by atoms with Crippen molar-refractivity contribution in [2.45, 2.75) is 5.41 Å². The minimum Gasteiger partial charge on any atom is -0.256 e. The molecule has 1 aromatic heterocycles. The van der Waals surface area contributed by atoms with Crippen molar-refractivity contribution in [1.29, 1.82) is 5.26 Å². The largest absolute Gasteiger partial charge is 0.256 e. The van der Waals surface area contributed by atoms with Gasteiger partial charge in [-0.3, -0.25) is 4.98 Å². The molecule has 5 aromatic carbocycles. The van der Waals surface area contributed by atoms with Gasteiger partial charge in [0.15, 0.2) is 0 Å². The van der Waals surface area contributed by atoms with E-state index in [1.54, 1.807) is 12.3 Å². The molecule has 0 bridgehead atoms.